The van der Waals surface area contributed by atoms with Crippen molar-refractivity contribution in [1.29, 1.82) is 0 Å². The topological polar surface area (TPSA) is 6.48 Å². The van der Waals surface area contributed by atoms with Gasteiger partial charge < -0.3 is 27.1 Å². The summed E-state index contributed by atoms with van der Waals surface area (Å²) in [5, 5.41) is 0. The normalized spacial score (nSPS) is 19.8. The minimum atomic E-state index is -6.00. The van der Waals surface area contributed by atoms with Gasteiger partial charge in [0, 0.05) is 26.0 Å². The van der Waals surface area contributed by atoms with E-state index in [0.717, 1.165) is 0 Å². The molecule has 1 aliphatic rings. The molecule has 0 saturated carbocycles. The van der Waals surface area contributed by atoms with E-state index in [1.54, 1.807) is 0 Å². The molecule has 0 amide bonds. The van der Waals surface area contributed by atoms with Gasteiger partial charge in [0.25, 0.3) is 0 Å². The average Bonchev–Trinajstić information content (AvgIpc) is 2.42. The molecule has 16 heavy (non-hydrogen) atoms. The first-order valence-corrected chi connectivity index (χ1v) is 5.29. The summed E-state index contributed by atoms with van der Waals surface area (Å²) in [4.78, 5) is 4.61. The van der Waals surface area contributed by atoms with Gasteiger partial charge in [-0.1, -0.05) is 13.3 Å². The second kappa shape index (κ2) is 6.65. The summed E-state index contributed by atoms with van der Waals surface area (Å²) < 4.78 is 39.0. The van der Waals surface area contributed by atoms with E-state index in [9.17, 15) is 17.3 Å². The lowest BCUT2D eigenvalue weighted by Gasteiger charge is -2.26. The van der Waals surface area contributed by atoms with E-state index in [1.807, 2.05) is 0 Å². The number of nitrogens with zero attached hydrogens (tertiary/aromatic N) is 2. The van der Waals surface area contributed by atoms with E-state index >= 15 is 0 Å². The van der Waals surface area contributed by atoms with Crippen LogP contribution in [0.25, 0.3) is 0 Å². The van der Waals surface area contributed by atoms with Crippen molar-refractivity contribution in [3.8, 4) is 0 Å². The molecule has 0 aliphatic carbocycles. The molecular formula is C9H19BF4N2. The van der Waals surface area contributed by atoms with Crippen molar-refractivity contribution in [2.75, 3.05) is 13.6 Å². The average molecular weight is 242 g/mol. The zero-order chi connectivity index (χ0) is 12.8. The Bertz CT molecular complexity index is 220. The molecule has 1 rings (SSSR count). The summed E-state index contributed by atoms with van der Waals surface area (Å²) in [6.07, 6.45) is 7.45. The number of halogens is 4. The number of rotatable bonds is 3. The molecule has 1 aliphatic heterocycles. The van der Waals surface area contributed by atoms with Crippen LogP contribution in [-0.2, 0) is 0 Å². The molecule has 0 aromatic heterocycles. The Kier molecular flexibility index (Phi) is 6.29. The molecule has 0 spiro atoms. The molecular weight excluding hydrogens is 223 g/mol. The van der Waals surface area contributed by atoms with Crippen LogP contribution in [0.4, 0.5) is 17.3 Å². The van der Waals surface area contributed by atoms with E-state index in [0.29, 0.717) is 6.17 Å². The van der Waals surface area contributed by atoms with E-state index in [4.69, 9.17) is 0 Å². The van der Waals surface area contributed by atoms with Crippen molar-refractivity contribution in [1.82, 2.24) is 9.80 Å². The Morgan fingerprint density at radius 2 is 1.75 bits per heavy atom. The Labute approximate surface area is 95.5 Å². The van der Waals surface area contributed by atoms with Gasteiger partial charge in [-0.05, 0) is 13.3 Å². The van der Waals surface area contributed by atoms with Crippen LogP contribution in [0.1, 0.15) is 28.1 Å². The molecule has 7 heteroatoms. The molecule has 1 unspecified atom stereocenters. The lowest BCUT2D eigenvalue weighted by atomic mass is 10.3. The van der Waals surface area contributed by atoms with Gasteiger partial charge in [-0.2, -0.15) is 0 Å². The van der Waals surface area contributed by atoms with Crippen molar-refractivity contribution in [3.63, 3.8) is 0 Å². The van der Waals surface area contributed by atoms with Crippen LogP contribution in [0.3, 0.4) is 0 Å². The fourth-order valence-electron chi connectivity index (χ4n) is 1.28. The van der Waals surface area contributed by atoms with Crippen LogP contribution in [0.5, 0.6) is 0 Å². The maximum absolute atomic E-state index is 9.75. The zero-order valence-corrected chi connectivity index (χ0v) is 9.84. The molecule has 0 fully saturated rings. The monoisotopic (exact) mass is 242 g/mol. The van der Waals surface area contributed by atoms with Crippen LogP contribution >= 0.6 is 0 Å². The first-order chi connectivity index (χ1) is 7.25. The third-order valence-electron chi connectivity index (χ3n) is 2.33. The molecule has 0 aromatic rings. The summed E-state index contributed by atoms with van der Waals surface area (Å²) in [5.41, 5.74) is 0. The highest BCUT2D eigenvalue weighted by molar-refractivity contribution is 6.50. The Hall–Kier alpha value is -0.875. The number of unbranched alkanes of at least 4 members (excludes halogenated alkanes) is 1. The van der Waals surface area contributed by atoms with Crippen molar-refractivity contribution < 1.29 is 18.7 Å². The van der Waals surface area contributed by atoms with Crippen LogP contribution < -0.4 is 0 Å². The van der Waals surface area contributed by atoms with Crippen molar-refractivity contribution >= 4 is 7.25 Å². The van der Waals surface area contributed by atoms with E-state index < -0.39 is 7.25 Å². The van der Waals surface area contributed by atoms with Gasteiger partial charge in [-0.15, -0.1) is 0 Å². The maximum Gasteiger partial charge on any atom is 1.00 e. The van der Waals surface area contributed by atoms with Crippen LogP contribution in [-0.4, -0.2) is 36.8 Å². The predicted molar refractivity (Wildman–Crippen MR) is 59.3 cm³/mol. The third-order valence-corrected chi connectivity index (χ3v) is 2.33. The SMILES string of the molecule is CCCCN1C=CN(C)C1C.F[B-](F)(F)F.[H+]. The highest BCUT2D eigenvalue weighted by Gasteiger charge is 2.20. The second-order valence-corrected chi connectivity index (χ2v) is 3.68. The molecule has 96 valence electrons. The lowest BCUT2D eigenvalue weighted by Crippen LogP contribution is -2.33. The Morgan fingerprint density at radius 1 is 1.25 bits per heavy atom. The molecule has 0 radical (unpaired) electrons. The fourth-order valence-corrected chi connectivity index (χ4v) is 1.28. The van der Waals surface area contributed by atoms with Crippen LogP contribution in [0, 0.1) is 0 Å². The van der Waals surface area contributed by atoms with Gasteiger partial charge in [0.2, 0.25) is 0 Å². The molecule has 2 nitrogen and oxygen atoms in total. The molecule has 1 heterocycles. The molecule has 0 saturated heterocycles. The van der Waals surface area contributed by atoms with Gasteiger partial charge in [-0.25, -0.2) is 0 Å². The van der Waals surface area contributed by atoms with E-state index in [2.05, 4.69) is 43.1 Å². The van der Waals surface area contributed by atoms with Crippen molar-refractivity contribution in [3.05, 3.63) is 12.4 Å². The Morgan fingerprint density at radius 3 is 2.06 bits per heavy atom. The van der Waals surface area contributed by atoms with Gasteiger partial charge in [-0.3, -0.25) is 0 Å². The maximum atomic E-state index is 9.75. The first-order valence-electron chi connectivity index (χ1n) is 5.29. The molecule has 0 aromatic carbocycles. The fraction of sp³-hybridized carbons (Fsp3) is 0.778. The van der Waals surface area contributed by atoms with E-state index in [1.165, 1.54) is 19.4 Å². The number of hydrogen-bond acceptors (Lipinski definition) is 2. The highest BCUT2D eigenvalue weighted by Crippen LogP contribution is 2.13. The predicted octanol–water partition coefficient (Wildman–Crippen LogP) is 3.26. The van der Waals surface area contributed by atoms with Gasteiger partial charge in [0.15, 0.2) is 0 Å². The quantitative estimate of drug-likeness (QED) is 0.553. The van der Waals surface area contributed by atoms with Crippen LogP contribution in [0.2, 0.25) is 0 Å². The van der Waals surface area contributed by atoms with Gasteiger partial charge in [0.05, 0.1) is 6.17 Å². The minimum Gasteiger partial charge on any atom is -0.418 e. The molecule has 1 atom stereocenters. The largest absolute Gasteiger partial charge is 1.00 e. The van der Waals surface area contributed by atoms with Crippen LogP contribution in [0.15, 0.2) is 12.4 Å². The van der Waals surface area contributed by atoms with Crippen molar-refractivity contribution in [2.24, 2.45) is 0 Å². The summed E-state index contributed by atoms with van der Waals surface area (Å²) in [6, 6.07) is 0. The minimum absolute atomic E-state index is 0. The smallest absolute Gasteiger partial charge is 0.418 e. The van der Waals surface area contributed by atoms with Gasteiger partial charge in [0.1, 0.15) is 0 Å². The second-order valence-electron chi connectivity index (χ2n) is 3.68. The standard InChI is InChI=1S/C9H18N2.BF4/c1-4-5-6-11-8-7-10(3)9(11)2;2-1(3,4)5/h7-9H,4-6H2,1-3H3;/q;-1/p+1. The summed E-state index contributed by atoms with van der Waals surface area (Å²) >= 11 is 0. The van der Waals surface area contributed by atoms with Crippen molar-refractivity contribution in [2.45, 2.75) is 32.9 Å². The third kappa shape index (κ3) is 7.42. The zero-order valence-electron chi connectivity index (χ0n) is 10.8. The number of hydrogen-bond donors (Lipinski definition) is 0. The lowest BCUT2D eigenvalue weighted by molar-refractivity contribution is 0.193. The highest BCUT2D eigenvalue weighted by atomic mass is 19.5. The van der Waals surface area contributed by atoms with E-state index in [-0.39, 0.29) is 1.43 Å². The molecule has 0 N–H and O–H groups in total. The summed E-state index contributed by atoms with van der Waals surface area (Å²) in [6.45, 7) is 5.66. The first kappa shape index (κ1) is 15.1. The Balaban J connectivity index is 0. The summed E-state index contributed by atoms with van der Waals surface area (Å²) in [7, 11) is -3.88. The van der Waals surface area contributed by atoms with Gasteiger partial charge >= 0.3 is 8.68 Å². The molecule has 0 bridgehead atoms. The summed E-state index contributed by atoms with van der Waals surface area (Å²) in [5.74, 6) is 0.